The number of carbonyl (C=O) groups is 3. The van der Waals surface area contributed by atoms with E-state index in [-0.39, 0.29) is 30.4 Å². The zero-order valence-electron chi connectivity index (χ0n) is 17.8. The maximum Gasteiger partial charge on any atom is 0.326 e. The van der Waals surface area contributed by atoms with Crippen LogP contribution in [0.2, 0.25) is 0 Å². The van der Waals surface area contributed by atoms with E-state index in [1.165, 1.54) is 0 Å². The Hall–Kier alpha value is -2.41. The molecule has 0 spiro atoms. The van der Waals surface area contributed by atoms with Crippen molar-refractivity contribution in [2.75, 3.05) is 6.61 Å². The Balaban J connectivity index is 1.68. The molecule has 0 radical (unpaired) electrons. The lowest BCUT2D eigenvalue weighted by atomic mass is 10.0. The fraction of sp³-hybridized carbons (Fsp3) is 0.609. The highest BCUT2D eigenvalue weighted by atomic mass is 16.5. The normalized spacial score (nSPS) is 24.9. The topological polar surface area (TPSA) is 95.9 Å². The highest BCUT2D eigenvalue weighted by molar-refractivity contribution is 5.88. The van der Waals surface area contributed by atoms with Gasteiger partial charge in [0.25, 0.3) is 0 Å². The predicted octanol–water partition coefficient (Wildman–Crippen LogP) is 2.38. The van der Waals surface area contributed by atoms with Crippen LogP contribution in [-0.2, 0) is 25.5 Å². The van der Waals surface area contributed by atoms with Crippen LogP contribution in [0.5, 0.6) is 0 Å². The number of hydrogen-bond donors (Lipinski definition) is 2. The van der Waals surface area contributed by atoms with Gasteiger partial charge >= 0.3 is 11.9 Å². The largest absolute Gasteiger partial charge is 0.480 e. The summed E-state index contributed by atoms with van der Waals surface area (Å²) in [5, 5.41) is 12.8. The van der Waals surface area contributed by atoms with Crippen LogP contribution in [0.1, 0.15) is 51.5 Å². The average Bonchev–Trinajstić information content (AvgIpc) is 3.32. The Morgan fingerprint density at radius 3 is 2.63 bits per heavy atom. The monoisotopic (exact) mass is 416 g/mol. The molecule has 3 rings (SSSR count). The predicted molar refractivity (Wildman–Crippen MR) is 112 cm³/mol. The summed E-state index contributed by atoms with van der Waals surface area (Å²) in [7, 11) is 0. The SMILES string of the molecule is CCOC(=O)C(CCc1ccccc1)N[C@@H](C)C(=O)N1[C@H](C(=O)O)C[C@@H]2CCC[C@@H]21. The van der Waals surface area contributed by atoms with Crippen molar-refractivity contribution in [1.82, 2.24) is 10.2 Å². The van der Waals surface area contributed by atoms with E-state index in [1.54, 1.807) is 18.7 Å². The fourth-order valence-corrected chi connectivity index (χ4v) is 4.89. The van der Waals surface area contributed by atoms with E-state index in [0.717, 1.165) is 24.8 Å². The number of hydrogen-bond acceptors (Lipinski definition) is 5. The van der Waals surface area contributed by atoms with Gasteiger partial charge in [0, 0.05) is 6.04 Å². The van der Waals surface area contributed by atoms with Crippen molar-refractivity contribution in [3.63, 3.8) is 0 Å². The Bertz CT molecular complexity index is 753. The van der Waals surface area contributed by atoms with Gasteiger partial charge in [-0.15, -0.1) is 0 Å². The third-order valence-corrected chi connectivity index (χ3v) is 6.33. The number of ether oxygens (including phenoxy) is 1. The summed E-state index contributed by atoms with van der Waals surface area (Å²) in [6.45, 7) is 3.72. The van der Waals surface area contributed by atoms with Crippen molar-refractivity contribution in [3.8, 4) is 0 Å². The van der Waals surface area contributed by atoms with Crippen molar-refractivity contribution in [2.45, 2.75) is 76.5 Å². The maximum absolute atomic E-state index is 13.2. The van der Waals surface area contributed by atoms with Crippen LogP contribution in [0.25, 0.3) is 0 Å². The summed E-state index contributed by atoms with van der Waals surface area (Å²) < 4.78 is 5.21. The van der Waals surface area contributed by atoms with E-state index in [4.69, 9.17) is 4.74 Å². The molecule has 0 aromatic heterocycles. The summed E-state index contributed by atoms with van der Waals surface area (Å²) in [6.07, 6.45) is 4.54. The molecule has 164 valence electrons. The summed E-state index contributed by atoms with van der Waals surface area (Å²) in [4.78, 5) is 39.1. The Morgan fingerprint density at radius 2 is 1.97 bits per heavy atom. The number of benzene rings is 1. The second-order valence-corrected chi connectivity index (χ2v) is 8.31. The molecule has 7 nitrogen and oxygen atoms in total. The van der Waals surface area contributed by atoms with E-state index in [9.17, 15) is 19.5 Å². The van der Waals surface area contributed by atoms with E-state index in [0.29, 0.717) is 19.3 Å². The molecular formula is C23H32N2O5. The Labute approximate surface area is 177 Å². The molecule has 7 heteroatoms. The van der Waals surface area contributed by atoms with Gasteiger partial charge in [-0.25, -0.2) is 4.79 Å². The second kappa shape index (κ2) is 10.1. The number of nitrogens with one attached hydrogen (secondary N) is 1. The number of amides is 1. The van der Waals surface area contributed by atoms with Crippen LogP contribution in [0.15, 0.2) is 30.3 Å². The van der Waals surface area contributed by atoms with Crippen molar-refractivity contribution < 1.29 is 24.2 Å². The molecule has 0 bridgehead atoms. The fourth-order valence-electron chi connectivity index (χ4n) is 4.89. The number of aryl methyl sites for hydroxylation is 1. The molecule has 5 atom stereocenters. The van der Waals surface area contributed by atoms with Gasteiger partial charge in [-0.1, -0.05) is 36.8 Å². The molecule has 2 fully saturated rings. The highest BCUT2D eigenvalue weighted by Crippen LogP contribution is 2.41. The summed E-state index contributed by atoms with van der Waals surface area (Å²) in [6, 6.07) is 7.76. The molecule has 1 saturated carbocycles. The lowest BCUT2D eigenvalue weighted by Gasteiger charge is -2.31. The minimum Gasteiger partial charge on any atom is -0.480 e. The minimum atomic E-state index is -0.948. The molecule has 1 aromatic carbocycles. The zero-order valence-corrected chi connectivity index (χ0v) is 17.8. The van der Waals surface area contributed by atoms with E-state index in [1.807, 2.05) is 30.3 Å². The molecule has 1 amide bonds. The van der Waals surface area contributed by atoms with Gasteiger partial charge in [0.15, 0.2) is 0 Å². The molecule has 1 aliphatic carbocycles. The first-order chi connectivity index (χ1) is 14.4. The van der Waals surface area contributed by atoms with Gasteiger partial charge in [0.2, 0.25) is 5.91 Å². The molecular weight excluding hydrogens is 384 g/mol. The van der Waals surface area contributed by atoms with Crippen LogP contribution in [0.3, 0.4) is 0 Å². The zero-order chi connectivity index (χ0) is 21.7. The van der Waals surface area contributed by atoms with Crippen LogP contribution in [0.4, 0.5) is 0 Å². The van der Waals surface area contributed by atoms with Gasteiger partial charge < -0.3 is 14.7 Å². The molecule has 1 aromatic rings. The first-order valence-corrected chi connectivity index (χ1v) is 10.9. The van der Waals surface area contributed by atoms with E-state index >= 15 is 0 Å². The number of aliphatic carboxylic acids is 1. The smallest absolute Gasteiger partial charge is 0.326 e. The van der Waals surface area contributed by atoms with Crippen molar-refractivity contribution in [3.05, 3.63) is 35.9 Å². The molecule has 2 aliphatic rings. The van der Waals surface area contributed by atoms with Gasteiger partial charge in [-0.2, -0.15) is 0 Å². The quantitative estimate of drug-likeness (QED) is 0.600. The minimum absolute atomic E-state index is 0.00629. The first-order valence-electron chi connectivity index (χ1n) is 10.9. The number of carboxylic acids is 1. The Morgan fingerprint density at radius 1 is 1.23 bits per heavy atom. The van der Waals surface area contributed by atoms with Crippen LogP contribution in [0, 0.1) is 5.92 Å². The number of nitrogens with zero attached hydrogens (tertiary/aromatic N) is 1. The molecule has 2 N–H and O–H groups in total. The van der Waals surface area contributed by atoms with E-state index in [2.05, 4.69) is 5.32 Å². The summed E-state index contributed by atoms with van der Waals surface area (Å²) in [5.41, 5.74) is 1.10. The standard InChI is InChI=1S/C23H32N2O5/c1-3-30-23(29)18(13-12-16-8-5-4-6-9-16)24-15(2)21(26)25-19-11-7-10-17(19)14-20(25)22(27)28/h4-6,8-9,15,17-20,24H,3,7,10-14H2,1-2H3,(H,27,28)/t15-,17-,18?,19-,20-/m0/s1. The number of carboxylic acid groups (broad SMARTS) is 1. The van der Waals surface area contributed by atoms with Crippen molar-refractivity contribution >= 4 is 17.8 Å². The second-order valence-electron chi connectivity index (χ2n) is 8.31. The van der Waals surface area contributed by atoms with Gasteiger partial charge in [-0.05, 0) is 57.4 Å². The van der Waals surface area contributed by atoms with Crippen LogP contribution < -0.4 is 5.32 Å². The third kappa shape index (κ3) is 5.01. The molecule has 1 saturated heterocycles. The van der Waals surface area contributed by atoms with Crippen molar-refractivity contribution in [1.29, 1.82) is 0 Å². The van der Waals surface area contributed by atoms with E-state index < -0.39 is 24.1 Å². The third-order valence-electron chi connectivity index (χ3n) is 6.33. The van der Waals surface area contributed by atoms with Crippen LogP contribution >= 0.6 is 0 Å². The first kappa shape index (κ1) is 22.3. The molecule has 1 heterocycles. The maximum atomic E-state index is 13.2. The lowest BCUT2D eigenvalue weighted by Crippen LogP contribution is -2.55. The van der Waals surface area contributed by atoms with Gasteiger partial charge in [-0.3, -0.25) is 14.9 Å². The van der Waals surface area contributed by atoms with Crippen molar-refractivity contribution in [2.24, 2.45) is 5.92 Å². The number of likely N-dealkylation sites (tertiary alicyclic amines) is 1. The highest BCUT2D eigenvalue weighted by Gasteiger charge is 2.49. The summed E-state index contributed by atoms with van der Waals surface area (Å²) >= 11 is 0. The van der Waals surface area contributed by atoms with Crippen LogP contribution in [-0.4, -0.2) is 58.6 Å². The number of rotatable bonds is 9. The molecule has 1 unspecified atom stereocenters. The molecule has 30 heavy (non-hydrogen) atoms. The number of esters is 1. The number of fused-ring (bicyclic) bond motifs is 1. The Kier molecular flexibility index (Phi) is 7.48. The van der Waals surface area contributed by atoms with Gasteiger partial charge in [0.1, 0.15) is 12.1 Å². The average molecular weight is 417 g/mol. The summed E-state index contributed by atoms with van der Waals surface area (Å²) in [5.74, 6) is -1.31. The van der Waals surface area contributed by atoms with Gasteiger partial charge in [0.05, 0.1) is 12.6 Å². The lowest BCUT2D eigenvalue weighted by molar-refractivity contribution is -0.151. The molecule has 1 aliphatic heterocycles. The number of carbonyl (C=O) groups excluding carboxylic acids is 2.